The van der Waals surface area contributed by atoms with Crippen molar-refractivity contribution in [2.45, 2.75) is 29.6 Å². The Morgan fingerprint density at radius 3 is 2.43 bits per heavy atom. The average Bonchev–Trinajstić information content (AvgIpc) is 2.88. The van der Waals surface area contributed by atoms with E-state index in [1.807, 2.05) is 0 Å². The fourth-order valence-electron chi connectivity index (χ4n) is 2.28. The number of hydrogen-bond acceptors (Lipinski definition) is 3. The van der Waals surface area contributed by atoms with Gasteiger partial charge in [0, 0.05) is 23.8 Å². The van der Waals surface area contributed by atoms with Crippen LogP contribution in [0.2, 0.25) is 0 Å². The summed E-state index contributed by atoms with van der Waals surface area (Å²) < 4.78 is 63.9. The zero-order valence-electron chi connectivity index (χ0n) is 11.1. The first-order valence-electron chi connectivity index (χ1n) is 6.46. The lowest BCUT2D eigenvalue weighted by atomic mass is 9.98. The standard InChI is InChI=1S/C12H15ClF3NO2S2/c13-6-3-10-1-2-11(20-10)21(18,19)17-7-4-9(5-8-17)12(14,15)16/h1-2,9H,3-8H2. The van der Waals surface area contributed by atoms with E-state index < -0.39 is 22.1 Å². The third-order valence-corrected chi connectivity index (χ3v) is 7.19. The molecule has 1 aliphatic rings. The van der Waals surface area contributed by atoms with Crippen LogP contribution in [0.1, 0.15) is 17.7 Å². The normalized spacial score (nSPS) is 19.0. The second kappa shape index (κ2) is 6.44. The van der Waals surface area contributed by atoms with Gasteiger partial charge in [0.1, 0.15) is 4.21 Å². The maximum absolute atomic E-state index is 12.6. The van der Waals surface area contributed by atoms with Crippen molar-refractivity contribution >= 4 is 33.0 Å². The minimum Gasteiger partial charge on any atom is -0.206 e. The van der Waals surface area contributed by atoms with Crippen molar-refractivity contribution in [3.8, 4) is 0 Å². The summed E-state index contributed by atoms with van der Waals surface area (Å²) in [6.07, 6.45) is -4.02. The van der Waals surface area contributed by atoms with E-state index in [2.05, 4.69) is 0 Å². The van der Waals surface area contributed by atoms with Crippen LogP contribution < -0.4 is 0 Å². The van der Waals surface area contributed by atoms with Crippen LogP contribution in [0.3, 0.4) is 0 Å². The Hall–Kier alpha value is -0.310. The quantitative estimate of drug-likeness (QED) is 0.770. The molecule has 2 rings (SSSR count). The van der Waals surface area contributed by atoms with Gasteiger partial charge in [0.05, 0.1) is 5.92 Å². The highest BCUT2D eigenvalue weighted by Crippen LogP contribution is 2.36. The lowest BCUT2D eigenvalue weighted by molar-refractivity contribution is -0.182. The molecular weight excluding hydrogens is 347 g/mol. The van der Waals surface area contributed by atoms with E-state index in [1.54, 1.807) is 6.07 Å². The zero-order chi connectivity index (χ0) is 15.7. The average molecular weight is 362 g/mol. The topological polar surface area (TPSA) is 37.4 Å². The first-order valence-corrected chi connectivity index (χ1v) is 9.26. The number of nitrogens with zero attached hydrogens (tertiary/aromatic N) is 1. The van der Waals surface area contributed by atoms with Crippen molar-refractivity contribution in [2.24, 2.45) is 5.92 Å². The molecule has 0 amide bonds. The minimum absolute atomic E-state index is 0.0880. The maximum atomic E-state index is 12.6. The molecule has 120 valence electrons. The molecule has 0 saturated carbocycles. The lowest BCUT2D eigenvalue weighted by Gasteiger charge is -2.31. The monoisotopic (exact) mass is 361 g/mol. The predicted octanol–water partition coefficient (Wildman–Crippen LogP) is 3.49. The van der Waals surface area contributed by atoms with Gasteiger partial charge in [-0.25, -0.2) is 8.42 Å². The van der Waals surface area contributed by atoms with Gasteiger partial charge < -0.3 is 0 Å². The highest BCUT2D eigenvalue weighted by Gasteiger charge is 2.43. The number of thiophene rings is 1. The molecule has 2 heterocycles. The number of aryl methyl sites for hydroxylation is 1. The third-order valence-electron chi connectivity index (χ3n) is 3.49. The molecule has 1 aromatic heterocycles. The molecule has 1 aromatic rings. The first kappa shape index (κ1) is 17.1. The molecule has 0 bridgehead atoms. The van der Waals surface area contributed by atoms with Gasteiger partial charge in [-0.2, -0.15) is 17.5 Å². The third kappa shape index (κ3) is 3.91. The largest absolute Gasteiger partial charge is 0.391 e. The lowest BCUT2D eigenvalue weighted by Crippen LogP contribution is -2.41. The molecule has 9 heteroatoms. The summed E-state index contributed by atoms with van der Waals surface area (Å²) in [5.41, 5.74) is 0. The van der Waals surface area contributed by atoms with Gasteiger partial charge in [-0.3, -0.25) is 0 Å². The van der Waals surface area contributed by atoms with Crippen LogP contribution in [-0.2, 0) is 16.4 Å². The molecule has 0 unspecified atom stereocenters. The first-order chi connectivity index (χ1) is 9.75. The van der Waals surface area contributed by atoms with Gasteiger partial charge in [0.2, 0.25) is 0 Å². The highest BCUT2D eigenvalue weighted by atomic mass is 35.5. The van der Waals surface area contributed by atoms with Gasteiger partial charge in [0.15, 0.2) is 0 Å². The Bertz CT molecular complexity index is 578. The molecule has 0 spiro atoms. The summed E-state index contributed by atoms with van der Waals surface area (Å²) in [6, 6.07) is 3.19. The van der Waals surface area contributed by atoms with E-state index >= 15 is 0 Å². The van der Waals surface area contributed by atoms with Crippen molar-refractivity contribution in [2.75, 3.05) is 19.0 Å². The second-order valence-corrected chi connectivity index (χ2v) is 8.59. The van der Waals surface area contributed by atoms with Gasteiger partial charge in [0.25, 0.3) is 10.0 Å². The van der Waals surface area contributed by atoms with Gasteiger partial charge >= 0.3 is 6.18 Å². The van der Waals surface area contributed by atoms with E-state index in [4.69, 9.17) is 11.6 Å². The van der Waals surface area contributed by atoms with Crippen molar-refractivity contribution < 1.29 is 21.6 Å². The van der Waals surface area contributed by atoms with E-state index in [-0.39, 0.29) is 30.1 Å². The van der Waals surface area contributed by atoms with E-state index in [0.29, 0.717) is 12.3 Å². The molecule has 0 aliphatic carbocycles. The van der Waals surface area contributed by atoms with Crippen LogP contribution in [0.15, 0.2) is 16.3 Å². The maximum Gasteiger partial charge on any atom is 0.391 e. The number of sulfonamides is 1. The van der Waals surface area contributed by atoms with Crippen LogP contribution in [0.25, 0.3) is 0 Å². The Morgan fingerprint density at radius 1 is 1.29 bits per heavy atom. The second-order valence-electron chi connectivity index (χ2n) is 4.88. The van der Waals surface area contributed by atoms with Crippen molar-refractivity contribution in [3.05, 3.63) is 17.0 Å². The van der Waals surface area contributed by atoms with E-state index in [9.17, 15) is 21.6 Å². The molecule has 21 heavy (non-hydrogen) atoms. The summed E-state index contributed by atoms with van der Waals surface area (Å²) in [5.74, 6) is -1.00. The number of hydrogen-bond donors (Lipinski definition) is 0. The number of halogens is 4. The summed E-state index contributed by atoms with van der Waals surface area (Å²) >= 11 is 6.74. The SMILES string of the molecule is O=S(=O)(c1ccc(CCCl)s1)N1CCC(C(F)(F)F)CC1. The summed E-state index contributed by atoms with van der Waals surface area (Å²) in [7, 11) is -3.69. The summed E-state index contributed by atoms with van der Waals surface area (Å²) in [5, 5.41) is 0. The molecule has 0 aromatic carbocycles. The van der Waals surface area contributed by atoms with Gasteiger partial charge in [-0.15, -0.1) is 22.9 Å². The smallest absolute Gasteiger partial charge is 0.206 e. The van der Waals surface area contributed by atoms with Gasteiger partial charge in [-0.05, 0) is 31.4 Å². The van der Waals surface area contributed by atoms with Crippen molar-refractivity contribution in [1.82, 2.24) is 4.31 Å². The van der Waals surface area contributed by atoms with E-state index in [1.165, 1.54) is 6.07 Å². The summed E-state index contributed by atoms with van der Waals surface area (Å²) in [4.78, 5) is 0.855. The number of alkyl halides is 4. The summed E-state index contributed by atoms with van der Waals surface area (Å²) in [6.45, 7) is -0.176. The van der Waals surface area contributed by atoms with E-state index in [0.717, 1.165) is 20.5 Å². The van der Waals surface area contributed by atoms with Crippen LogP contribution in [0.4, 0.5) is 13.2 Å². The molecule has 0 atom stereocenters. The van der Waals surface area contributed by atoms with Crippen LogP contribution in [0.5, 0.6) is 0 Å². The van der Waals surface area contributed by atoms with Crippen molar-refractivity contribution in [1.29, 1.82) is 0 Å². The Labute approximate surface area is 130 Å². The predicted molar refractivity (Wildman–Crippen MR) is 76.3 cm³/mol. The van der Waals surface area contributed by atoms with Crippen molar-refractivity contribution in [3.63, 3.8) is 0 Å². The molecule has 0 N–H and O–H groups in total. The molecular formula is C12H15ClF3NO2S2. The van der Waals surface area contributed by atoms with Crippen LogP contribution in [0, 0.1) is 5.92 Å². The molecule has 1 aliphatic heterocycles. The minimum atomic E-state index is -4.24. The Kier molecular flexibility index (Phi) is 5.23. The molecule has 1 fully saturated rings. The van der Waals surface area contributed by atoms with Crippen LogP contribution >= 0.6 is 22.9 Å². The molecule has 0 radical (unpaired) electrons. The van der Waals surface area contributed by atoms with Crippen LogP contribution in [-0.4, -0.2) is 37.9 Å². The number of piperidine rings is 1. The fourth-order valence-corrected chi connectivity index (χ4v) is 5.57. The molecule has 1 saturated heterocycles. The Balaban J connectivity index is 2.07. The Morgan fingerprint density at radius 2 is 1.90 bits per heavy atom. The van der Waals surface area contributed by atoms with Gasteiger partial charge in [-0.1, -0.05) is 0 Å². The zero-order valence-corrected chi connectivity index (χ0v) is 13.5. The molecule has 3 nitrogen and oxygen atoms in total. The highest BCUT2D eigenvalue weighted by molar-refractivity contribution is 7.91. The number of rotatable bonds is 4. The fraction of sp³-hybridized carbons (Fsp3) is 0.667.